The highest BCUT2D eigenvalue weighted by Crippen LogP contribution is 2.31. The Bertz CT molecular complexity index is 381. The number of rotatable bonds is 6. The summed E-state index contributed by atoms with van der Waals surface area (Å²) in [4.78, 5) is 2.38. The second-order valence-electron chi connectivity index (χ2n) is 5.81. The summed E-state index contributed by atoms with van der Waals surface area (Å²) in [6.45, 7) is 1.70. The zero-order chi connectivity index (χ0) is 13.7. The third kappa shape index (κ3) is 3.59. The lowest BCUT2D eigenvalue weighted by Gasteiger charge is -2.43. The Morgan fingerprint density at radius 1 is 1.21 bits per heavy atom. The Morgan fingerprint density at radius 2 is 1.89 bits per heavy atom. The molecule has 2 N–H and O–H groups in total. The summed E-state index contributed by atoms with van der Waals surface area (Å²) >= 11 is 0. The number of hydrogen-bond acceptors (Lipinski definition) is 4. The average molecular weight is 266 g/mol. The molecule has 2 rings (SSSR count). The average Bonchev–Trinajstić information content (AvgIpc) is 2.87. The van der Waals surface area contributed by atoms with E-state index in [0.717, 1.165) is 18.8 Å². The molecule has 19 heavy (non-hydrogen) atoms. The molecule has 0 amide bonds. The van der Waals surface area contributed by atoms with Crippen LogP contribution in [0.25, 0.3) is 0 Å². The van der Waals surface area contributed by atoms with Gasteiger partial charge in [0.25, 0.3) is 0 Å². The topological polar surface area (TPSA) is 48.6 Å². The van der Waals surface area contributed by atoms with E-state index in [1.807, 2.05) is 12.1 Å². The van der Waals surface area contributed by atoms with Gasteiger partial charge in [0.15, 0.2) is 0 Å². The Balaban J connectivity index is 1.85. The first-order chi connectivity index (χ1) is 9.16. The summed E-state index contributed by atoms with van der Waals surface area (Å²) in [6, 6.07) is 3.76. The van der Waals surface area contributed by atoms with Crippen molar-refractivity contribution >= 4 is 0 Å². The summed E-state index contributed by atoms with van der Waals surface area (Å²) in [7, 11) is 4.37. The van der Waals surface area contributed by atoms with Crippen molar-refractivity contribution in [1.82, 2.24) is 10.2 Å². The minimum Gasteiger partial charge on any atom is -0.462 e. The van der Waals surface area contributed by atoms with Gasteiger partial charge in [0.2, 0.25) is 0 Å². The molecule has 0 aromatic carbocycles. The fraction of sp³-hybridized carbons (Fsp3) is 0.733. The summed E-state index contributed by atoms with van der Waals surface area (Å²) < 4.78 is 5.49. The molecule has 1 aliphatic rings. The lowest BCUT2D eigenvalue weighted by atomic mass is 9.80. The predicted molar refractivity (Wildman–Crippen MR) is 75.8 cm³/mol. The van der Waals surface area contributed by atoms with E-state index in [1.165, 1.54) is 32.1 Å². The molecule has 4 nitrogen and oxygen atoms in total. The van der Waals surface area contributed by atoms with Crippen molar-refractivity contribution in [3.05, 3.63) is 23.7 Å². The van der Waals surface area contributed by atoms with Gasteiger partial charge < -0.3 is 19.7 Å². The summed E-state index contributed by atoms with van der Waals surface area (Å²) in [6.07, 6.45) is 6.57. The first-order valence-electron chi connectivity index (χ1n) is 7.23. The maximum Gasteiger partial charge on any atom is 0.129 e. The normalized spacial score (nSPS) is 18.9. The summed E-state index contributed by atoms with van der Waals surface area (Å²) in [5.74, 6) is 1.53. The van der Waals surface area contributed by atoms with Crippen LogP contribution in [0.3, 0.4) is 0 Å². The Kier molecular flexibility index (Phi) is 5.02. The number of nitrogens with zero attached hydrogens (tertiary/aromatic N) is 1. The zero-order valence-electron chi connectivity index (χ0n) is 12.1. The molecule has 1 aromatic rings. The van der Waals surface area contributed by atoms with Crippen LogP contribution in [0.2, 0.25) is 0 Å². The first kappa shape index (κ1) is 14.6. The second kappa shape index (κ2) is 6.55. The minimum atomic E-state index is -0.0262. The first-order valence-corrected chi connectivity index (χ1v) is 7.23. The highest BCUT2D eigenvalue weighted by Gasteiger charge is 2.33. The van der Waals surface area contributed by atoms with Crippen LogP contribution in [-0.2, 0) is 13.2 Å². The van der Waals surface area contributed by atoms with Crippen molar-refractivity contribution < 1.29 is 9.52 Å². The van der Waals surface area contributed by atoms with Crippen LogP contribution < -0.4 is 5.32 Å². The lowest BCUT2D eigenvalue weighted by Crippen LogP contribution is -2.52. The van der Waals surface area contributed by atoms with Gasteiger partial charge in [-0.1, -0.05) is 19.3 Å². The number of aliphatic hydroxyl groups excluding tert-OH is 1. The van der Waals surface area contributed by atoms with Crippen molar-refractivity contribution in [3.63, 3.8) is 0 Å². The standard InChI is InChI=1S/C15H26N2O2/c1-17(2)15(8-4-3-5-9-15)12-16-10-13-6-7-14(11-18)19-13/h6-7,16,18H,3-5,8-12H2,1-2H3. The second-order valence-corrected chi connectivity index (χ2v) is 5.81. The van der Waals surface area contributed by atoms with Gasteiger partial charge >= 0.3 is 0 Å². The molecular weight excluding hydrogens is 240 g/mol. The van der Waals surface area contributed by atoms with E-state index in [-0.39, 0.29) is 6.61 Å². The van der Waals surface area contributed by atoms with E-state index in [0.29, 0.717) is 11.3 Å². The molecule has 1 heterocycles. The zero-order valence-corrected chi connectivity index (χ0v) is 12.1. The number of nitrogens with one attached hydrogen (secondary N) is 1. The smallest absolute Gasteiger partial charge is 0.129 e. The number of hydrogen-bond donors (Lipinski definition) is 2. The molecule has 4 heteroatoms. The van der Waals surface area contributed by atoms with Gasteiger partial charge in [-0.05, 0) is 39.1 Å². The number of likely N-dealkylation sites (N-methyl/N-ethyl adjacent to an activating group) is 1. The van der Waals surface area contributed by atoms with E-state index in [2.05, 4.69) is 24.3 Å². The van der Waals surface area contributed by atoms with Crippen LogP contribution in [0.4, 0.5) is 0 Å². The molecule has 0 atom stereocenters. The van der Waals surface area contributed by atoms with E-state index >= 15 is 0 Å². The van der Waals surface area contributed by atoms with Crippen LogP contribution in [0.15, 0.2) is 16.5 Å². The fourth-order valence-electron chi connectivity index (χ4n) is 3.01. The van der Waals surface area contributed by atoms with Crippen LogP contribution in [0.1, 0.15) is 43.6 Å². The highest BCUT2D eigenvalue weighted by molar-refractivity contribution is 5.06. The molecule has 1 aromatic heterocycles. The van der Waals surface area contributed by atoms with Crippen LogP contribution in [0.5, 0.6) is 0 Å². The van der Waals surface area contributed by atoms with Crippen molar-refractivity contribution in [1.29, 1.82) is 0 Å². The molecule has 0 unspecified atom stereocenters. The Morgan fingerprint density at radius 3 is 2.47 bits per heavy atom. The highest BCUT2D eigenvalue weighted by atomic mass is 16.4. The van der Waals surface area contributed by atoms with Gasteiger partial charge in [-0.25, -0.2) is 0 Å². The molecule has 0 radical (unpaired) electrons. The molecule has 108 valence electrons. The van der Waals surface area contributed by atoms with Crippen molar-refractivity contribution in [2.24, 2.45) is 0 Å². The van der Waals surface area contributed by atoms with Crippen LogP contribution in [-0.4, -0.2) is 36.2 Å². The van der Waals surface area contributed by atoms with Crippen molar-refractivity contribution in [2.45, 2.75) is 50.8 Å². The predicted octanol–water partition coefficient (Wildman–Crippen LogP) is 2.13. The molecule has 0 aliphatic heterocycles. The minimum absolute atomic E-state index is 0.0262. The van der Waals surface area contributed by atoms with E-state index in [9.17, 15) is 0 Å². The Hall–Kier alpha value is -0.840. The van der Waals surface area contributed by atoms with Gasteiger partial charge in [-0.15, -0.1) is 0 Å². The molecule has 0 bridgehead atoms. The van der Waals surface area contributed by atoms with Crippen LogP contribution >= 0.6 is 0 Å². The third-order valence-electron chi connectivity index (χ3n) is 4.36. The molecule has 1 fully saturated rings. The molecular formula is C15H26N2O2. The number of furan rings is 1. The molecule has 0 spiro atoms. The van der Waals surface area contributed by atoms with Gasteiger partial charge in [-0.3, -0.25) is 0 Å². The van der Waals surface area contributed by atoms with E-state index in [4.69, 9.17) is 9.52 Å². The maximum absolute atomic E-state index is 8.97. The molecule has 1 aliphatic carbocycles. The quantitative estimate of drug-likeness (QED) is 0.828. The fourth-order valence-corrected chi connectivity index (χ4v) is 3.01. The molecule has 1 saturated carbocycles. The van der Waals surface area contributed by atoms with E-state index < -0.39 is 0 Å². The van der Waals surface area contributed by atoms with Gasteiger partial charge in [0.05, 0.1) is 6.54 Å². The number of aliphatic hydroxyl groups is 1. The monoisotopic (exact) mass is 266 g/mol. The summed E-state index contributed by atoms with van der Waals surface area (Å²) in [5.41, 5.74) is 0.296. The lowest BCUT2D eigenvalue weighted by molar-refractivity contribution is 0.0977. The third-order valence-corrected chi connectivity index (χ3v) is 4.36. The molecule has 0 saturated heterocycles. The maximum atomic E-state index is 8.97. The largest absolute Gasteiger partial charge is 0.462 e. The van der Waals surface area contributed by atoms with Gasteiger partial charge in [-0.2, -0.15) is 0 Å². The van der Waals surface area contributed by atoms with Crippen LogP contribution in [0, 0.1) is 0 Å². The van der Waals surface area contributed by atoms with Crippen molar-refractivity contribution in [2.75, 3.05) is 20.6 Å². The SMILES string of the molecule is CN(C)C1(CNCc2ccc(CO)o2)CCCCC1. The Labute approximate surface area is 115 Å². The summed E-state index contributed by atoms with van der Waals surface area (Å²) in [5, 5.41) is 12.5. The van der Waals surface area contributed by atoms with E-state index in [1.54, 1.807) is 0 Å². The van der Waals surface area contributed by atoms with Gasteiger partial charge in [0, 0.05) is 12.1 Å². The van der Waals surface area contributed by atoms with Crippen molar-refractivity contribution in [3.8, 4) is 0 Å². The van der Waals surface area contributed by atoms with Gasteiger partial charge in [0.1, 0.15) is 18.1 Å².